The van der Waals surface area contributed by atoms with E-state index in [0.717, 1.165) is 30.1 Å². The first kappa shape index (κ1) is 15.2. The van der Waals surface area contributed by atoms with E-state index in [2.05, 4.69) is 9.88 Å². The van der Waals surface area contributed by atoms with Crippen LogP contribution in [0.25, 0.3) is 0 Å². The monoisotopic (exact) mass is 322 g/mol. The molecule has 1 fully saturated rings. The molecule has 1 unspecified atom stereocenters. The normalized spacial score (nSPS) is 23.6. The Morgan fingerprint density at radius 2 is 2.37 bits per heavy atom. The molecule has 1 aromatic rings. The molecule has 1 saturated heterocycles. The fraction of sp³-hybridized carbons (Fsp3) is 0.750. The number of aryl methyl sites for hydroxylation is 1. The minimum absolute atomic E-state index is 0.133. The average molecular weight is 323 g/mol. The highest BCUT2D eigenvalue weighted by atomic mass is 35.5. The largest absolute Gasteiger partial charge is 0.299 e. The Kier molecular flexibility index (Phi) is 5.22. The zero-order valence-electron chi connectivity index (χ0n) is 11.0. The quantitative estimate of drug-likeness (QED) is 0.777. The maximum atomic E-state index is 11.5. The Morgan fingerprint density at radius 3 is 3.00 bits per heavy atom. The maximum absolute atomic E-state index is 11.5. The van der Waals surface area contributed by atoms with E-state index in [9.17, 15) is 8.42 Å². The molecule has 19 heavy (non-hydrogen) atoms. The molecule has 1 aliphatic heterocycles. The van der Waals surface area contributed by atoms with Crippen molar-refractivity contribution in [3.63, 3.8) is 0 Å². The molecule has 0 saturated carbocycles. The van der Waals surface area contributed by atoms with Gasteiger partial charge in [0.05, 0.1) is 28.1 Å². The van der Waals surface area contributed by atoms with E-state index in [1.54, 1.807) is 11.3 Å². The van der Waals surface area contributed by atoms with Crippen LogP contribution < -0.4 is 0 Å². The molecule has 0 amide bonds. The van der Waals surface area contributed by atoms with Crippen LogP contribution in [0, 0.1) is 0 Å². The minimum atomic E-state index is -2.81. The van der Waals surface area contributed by atoms with Crippen LogP contribution in [0.4, 0.5) is 0 Å². The van der Waals surface area contributed by atoms with Gasteiger partial charge in [-0.15, -0.1) is 22.9 Å². The molecule has 1 aromatic heterocycles. The molecule has 0 radical (unpaired) electrons. The first-order chi connectivity index (χ1) is 9.00. The van der Waals surface area contributed by atoms with Gasteiger partial charge in [0, 0.05) is 24.4 Å². The number of nitrogens with zero attached hydrogens (tertiary/aromatic N) is 2. The van der Waals surface area contributed by atoms with E-state index >= 15 is 0 Å². The predicted molar refractivity (Wildman–Crippen MR) is 79.7 cm³/mol. The molecule has 7 heteroatoms. The van der Waals surface area contributed by atoms with E-state index in [4.69, 9.17) is 11.6 Å². The lowest BCUT2D eigenvalue weighted by molar-refractivity contribution is 0.224. The minimum Gasteiger partial charge on any atom is -0.299 e. The second-order valence-corrected chi connectivity index (χ2v) is 8.41. The number of sulfone groups is 1. The van der Waals surface area contributed by atoms with Crippen molar-refractivity contribution < 1.29 is 8.42 Å². The van der Waals surface area contributed by atoms with Crippen LogP contribution in [0.15, 0.2) is 5.38 Å². The summed E-state index contributed by atoms with van der Waals surface area (Å²) in [5, 5.41) is 3.12. The van der Waals surface area contributed by atoms with Gasteiger partial charge in [-0.05, 0) is 19.9 Å². The van der Waals surface area contributed by atoms with Gasteiger partial charge in [0.2, 0.25) is 0 Å². The van der Waals surface area contributed by atoms with E-state index < -0.39 is 9.84 Å². The van der Waals surface area contributed by atoms with Crippen LogP contribution in [0.1, 0.15) is 24.0 Å². The molecule has 0 aliphatic carbocycles. The number of thiazole rings is 1. The van der Waals surface area contributed by atoms with Crippen LogP contribution >= 0.6 is 22.9 Å². The lowest BCUT2D eigenvalue weighted by Gasteiger charge is -2.32. The summed E-state index contributed by atoms with van der Waals surface area (Å²) in [7, 11) is -2.81. The summed E-state index contributed by atoms with van der Waals surface area (Å²) in [6.07, 6.45) is 1.96. The Labute approximate surface area is 123 Å². The van der Waals surface area contributed by atoms with Gasteiger partial charge in [-0.1, -0.05) is 0 Å². The van der Waals surface area contributed by atoms with Crippen molar-refractivity contribution in [1.29, 1.82) is 0 Å². The Balaban J connectivity index is 1.77. The molecule has 0 N–H and O–H groups in total. The zero-order chi connectivity index (χ0) is 13.9. The highest BCUT2D eigenvalue weighted by molar-refractivity contribution is 7.91. The van der Waals surface area contributed by atoms with E-state index in [-0.39, 0.29) is 6.04 Å². The second-order valence-electron chi connectivity index (χ2n) is 4.97. The molecular formula is C12H19ClN2O2S2. The highest BCUT2D eigenvalue weighted by Crippen LogP contribution is 2.15. The highest BCUT2D eigenvalue weighted by Gasteiger charge is 2.27. The predicted octanol–water partition coefficient (Wildman–Crippen LogP) is 1.93. The average Bonchev–Trinajstić information content (AvgIpc) is 2.79. The summed E-state index contributed by atoms with van der Waals surface area (Å²) in [6, 6.07) is 0.133. The van der Waals surface area contributed by atoms with Crippen LogP contribution in [0.2, 0.25) is 0 Å². The smallest absolute Gasteiger partial charge is 0.153 e. The number of halogens is 1. The fourth-order valence-electron chi connectivity index (χ4n) is 2.32. The first-order valence-corrected chi connectivity index (χ1v) is 9.67. The lowest BCUT2D eigenvalue weighted by atomic mass is 10.2. The van der Waals surface area contributed by atoms with Crippen LogP contribution in [0.5, 0.6) is 0 Å². The van der Waals surface area contributed by atoms with Gasteiger partial charge in [-0.25, -0.2) is 13.4 Å². The number of alkyl halides is 1. The van der Waals surface area contributed by atoms with Crippen molar-refractivity contribution in [1.82, 2.24) is 9.88 Å². The maximum Gasteiger partial charge on any atom is 0.153 e. The molecule has 0 spiro atoms. The van der Waals surface area contributed by atoms with Crippen molar-refractivity contribution in [2.75, 3.05) is 24.6 Å². The van der Waals surface area contributed by atoms with Gasteiger partial charge in [-0.3, -0.25) is 4.90 Å². The van der Waals surface area contributed by atoms with E-state index in [0.29, 0.717) is 23.9 Å². The summed E-state index contributed by atoms with van der Waals surface area (Å²) in [6.45, 7) is 3.59. The second kappa shape index (κ2) is 6.52. The van der Waals surface area contributed by atoms with Crippen molar-refractivity contribution in [2.45, 2.75) is 31.7 Å². The molecule has 1 atom stereocenters. The summed E-state index contributed by atoms with van der Waals surface area (Å²) in [5.74, 6) is 1.06. The van der Waals surface area contributed by atoms with Crippen molar-refractivity contribution in [3.8, 4) is 0 Å². The van der Waals surface area contributed by atoms with Gasteiger partial charge in [0.1, 0.15) is 0 Å². The Hall–Kier alpha value is -0.170. The Morgan fingerprint density at radius 1 is 1.58 bits per heavy atom. The molecule has 2 rings (SSSR count). The van der Waals surface area contributed by atoms with Gasteiger partial charge in [-0.2, -0.15) is 0 Å². The van der Waals surface area contributed by atoms with E-state index in [1.807, 2.05) is 12.3 Å². The van der Waals surface area contributed by atoms with Gasteiger partial charge < -0.3 is 0 Å². The summed E-state index contributed by atoms with van der Waals surface area (Å²) < 4.78 is 23.0. The number of hydrogen-bond donors (Lipinski definition) is 0. The standard InChI is InChI=1S/C12H19ClN2O2S2/c1-10-9-19(16,17)6-5-15(10)4-2-3-12-14-11(7-13)8-18-12/h8,10H,2-7,9H2,1H3. The number of hydrogen-bond acceptors (Lipinski definition) is 5. The van der Waals surface area contributed by atoms with Crippen LogP contribution in [-0.2, 0) is 22.1 Å². The zero-order valence-corrected chi connectivity index (χ0v) is 13.4. The molecule has 1 aliphatic rings. The number of aromatic nitrogens is 1. The van der Waals surface area contributed by atoms with Crippen molar-refractivity contribution in [3.05, 3.63) is 16.1 Å². The van der Waals surface area contributed by atoms with Gasteiger partial charge in [0.15, 0.2) is 9.84 Å². The summed E-state index contributed by atoms with van der Waals surface area (Å²) in [5.41, 5.74) is 0.944. The third kappa shape index (κ3) is 4.41. The van der Waals surface area contributed by atoms with E-state index in [1.165, 1.54) is 0 Å². The third-order valence-electron chi connectivity index (χ3n) is 3.38. The molecule has 0 bridgehead atoms. The third-order valence-corrected chi connectivity index (χ3v) is 6.41. The molecule has 2 heterocycles. The Bertz CT molecular complexity index is 516. The fourth-order valence-corrected chi connectivity index (χ4v) is 5.02. The van der Waals surface area contributed by atoms with Crippen molar-refractivity contribution in [2.24, 2.45) is 0 Å². The summed E-state index contributed by atoms with van der Waals surface area (Å²) in [4.78, 5) is 6.69. The van der Waals surface area contributed by atoms with Gasteiger partial charge >= 0.3 is 0 Å². The lowest BCUT2D eigenvalue weighted by Crippen LogP contribution is -2.47. The topological polar surface area (TPSA) is 50.3 Å². The molecular weight excluding hydrogens is 304 g/mol. The molecule has 108 valence electrons. The SMILES string of the molecule is CC1CS(=O)(=O)CCN1CCCc1nc(CCl)cs1. The molecule has 4 nitrogen and oxygen atoms in total. The summed E-state index contributed by atoms with van der Waals surface area (Å²) >= 11 is 7.37. The first-order valence-electron chi connectivity index (χ1n) is 6.44. The van der Waals surface area contributed by atoms with Crippen LogP contribution in [0.3, 0.4) is 0 Å². The van der Waals surface area contributed by atoms with Crippen LogP contribution in [-0.4, -0.2) is 48.9 Å². The number of rotatable bonds is 5. The van der Waals surface area contributed by atoms with Crippen molar-refractivity contribution >= 4 is 32.8 Å². The van der Waals surface area contributed by atoms with Gasteiger partial charge in [0.25, 0.3) is 0 Å². The molecule has 0 aromatic carbocycles.